The number of ether oxygens (including phenoxy) is 1. The Labute approximate surface area is 261 Å². The summed E-state index contributed by atoms with van der Waals surface area (Å²) in [5.41, 5.74) is 7.92. The van der Waals surface area contributed by atoms with Gasteiger partial charge in [0.2, 0.25) is 0 Å². The van der Waals surface area contributed by atoms with Crippen molar-refractivity contribution >= 4 is 38.7 Å². The van der Waals surface area contributed by atoms with Crippen LogP contribution in [0.1, 0.15) is 76.8 Å². The molecule has 43 heavy (non-hydrogen) atoms. The largest absolute Gasteiger partial charge is 0.456 e. The molecule has 0 aliphatic heterocycles. The number of hydrogen-bond donors (Lipinski definition) is 1. The Hall–Kier alpha value is -4.23. The molecule has 1 amide bonds. The topological polar surface area (TPSA) is 73.2 Å². The zero-order valence-electron chi connectivity index (χ0n) is 25.4. The predicted octanol–water partition coefficient (Wildman–Crippen LogP) is 8.58. The number of carbonyl (C=O) groups excluding carboxylic acids is 2. The van der Waals surface area contributed by atoms with Gasteiger partial charge in [-0.1, -0.05) is 42.5 Å². The van der Waals surface area contributed by atoms with E-state index in [1.54, 1.807) is 6.20 Å². The monoisotopic (exact) mass is 637 g/mol. The number of rotatable bonds is 7. The molecule has 5 rings (SSSR count). The van der Waals surface area contributed by atoms with Gasteiger partial charge in [-0.25, -0.2) is 9.78 Å². The van der Waals surface area contributed by atoms with Gasteiger partial charge in [-0.15, -0.1) is 0 Å². The van der Waals surface area contributed by atoms with Crippen molar-refractivity contribution < 1.29 is 14.3 Å². The fourth-order valence-corrected chi connectivity index (χ4v) is 5.65. The first-order valence-corrected chi connectivity index (χ1v) is 15.1. The van der Waals surface area contributed by atoms with E-state index in [2.05, 4.69) is 68.9 Å². The molecule has 0 radical (unpaired) electrons. The summed E-state index contributed by atoms with van der Waals surface area (Å²) in [5, 5.41) is 4.16. The van der Waals surface area contributed by atoms with Gasteiger partial charge in [0, 0.05) is 34.9 Å². The maximum atomic E-state index is 13.2. The van der Waals surface area contributed by atoms with Crippen LogP contribution in [0.4, 0.5) is 0 Å². The van der Waals surface area contributed by atoms with Gasteiger partial charge in [-0.2, -0.15) is 0 Å². The van der Waals surface area contributed by atoms with Crippen molar-refractivity contribution in [3.63, 3.8) is 0 Å². The number of amides is 1. The van der Waals surface area contributed by atoms with Crippen LogP contribution in [0, 0.1) is 13.8 Å². The Morgan fingerprint density at radius 2 is 1.70 bits per heavy atom. The second kappa shape index (κ2) is 12.2. The second-order valence-corrected chi connectivity index (χ2v) is 12.7. The molecule has 5 aromatic rings. The number of aryl methyl sites for hydroxylation is 1. The van der Waals surface area contributed by atoms with Crippen molar-refractivity contribution in [1.29, 1.82) is 0 Å². The van der Waals surface area contributed by atoms with E-state index < -0.39 is 5.60 Å². The standard InChI is InChI=1S/C36H36BrN3O3/c1-22-24(3)40(32-16-15-28(19-31(22)32)34(41)39-23(2)27-17-18-38-33(37)20-27)21-25-11-13-26(14-12-25)29-9-7-8-10-30(29)35(42)43-36(4,5)6/h7-20,23H,21H2,1-6H3,(H,39,41)/t23-/m0/s1. The molecule has 3 aromatic carbocycles. The lowest BCUT2D eigenvalue weighted by molar-refractivity contribution is 0.00703. The fourth-order valence-electron chi connectivity index (χ4n) is 5.26. The molecule has 0 saturated carbocycles. The fraction of sp³-hybridized carbons (Fsp3) is 0.250. The van der Waals surface area contributed by atoms with Gasteiger partial charge >= 0.3 is 5.97 Å². The number of halogens is 1. The number of carbonyl (C=O) groups is 2. The maximum Gasteiger partial charge on any atom is 0.339 e. The molecule has 0 spiro atoms. The number of benzene rings is 3. The molecule has 0 unspecified atom stereocenters. The summed E-state index contributed by atoms with van der Waals surface area (Å²) < 4.78 is 8.66. The minimum atomic E-state index is -0.565. The Bertz CT molecular complexity index is 1820. The highest BCUT2D eigenvalue weighted by atomic mass is 79.9. The third-order valence-corrected chi connectivity index (χ3v) is 8.08. The van der Waals surface area contributed by atoms with Gasteiger partial charge in [-0.3, -0.25) is 4.79 Å². The summed E-state index contributed by atoms with van der Waals surface area (Å²) in [6.07, 6.45) is 1.72. The predicted molar refractivity (Wildman–Crippen MR) is 175 cm³/mol. The minimum absolute atomic E-state index is 0.116. The number of hydrogen-bond acceptors (Lipinski definition) is 4. The Morgan fingerprint density at radius 3 is 2.40 bits per heavy atom. The average Bonchev–Trinajstić information content (AvgIpc) is 3.21. The van der Waals surface area contributed by atoms with Crippen molar-refractivity contribution in [2.75, 3.05) is 0 Å². The Balaban J connectivity index is 1.37. The second-order valence-electron chi connectivity index (χ2n) is 11.9. The molecule has 6 nitrogen and oxygen atoms in total. The molecule has 7 heteroatoms. The number of aromatic nitrogens is 2. The average molecular weight is 639 g/mol. The molecule has 0 fully saturated rings. The molecular formula is C36H36BrN3O3. The van der Waals surface area contributed by atoms with Gasteiger partial charge in [0.15, 0.2) is 0 Å². The van der Waals surface area contributed by atoms with Gasteiger partial charge in [0.1, 0.15) is 10.2 Å². The van der Waals surface area contributed by atoms with Crippen LogP contribution in [-0.2, 0) is 11.3 Å². The lowest BCUT2D eigenvalue weighted by Crippen LogP contribution is -2.26. The number of esters is 1. The van der Waals surface area contributed by atoms with Gasteiger partial charge < -0.3 is 14.6 Å². The van der Waals surface area contributed by atoms with E-state index in [9.17, 15) is 9.59 Å². The van der Waals surface area contributed by atoms with Gasteiger partial charge in [0.25, 0.3) is 5.91 Å². The van der Waals surface area contributed by atoms with E-state index >= 15 is 0 Å². The number of fused-ring (bicyclic) bond motifs is 1. The summed E-state index contributed by atoms with van der Waals surface area (Å²) in [5.74, 6) is -0.445. The first-order valence-electron chi connectivity index (χ1n) is 14.3. The third kappa shape index (κ3) is 6.73. The van der Waals surface area contributed by atoms with Crippen LogP contribution >= 0.6 is 15.9 Å². The van der Waals surface area contributed by atoms with Crippen LogP contribution in [-0.4, -0.2) is 27.0 Å². The Morgan fingerprint density at radius 1 is 0.977 bits per heavy atom. The molecule has 220 valence electrons. The van der Waals surface area contributed by atoms with Crippen molar-refractivity contribution in [1.82, 2.24) is 14.9 Å². The quantitative estimate of drug-likeness (QED) is 0.143. The molecule has 2 heterocycles. The molecule has 1 N–H and O–H groups in total. The van der Waals surface area contributed by atoms with Crippen molar-refractivity contribution in [3.8, 4) is 11.1 Å². The van der Waals surface area contributed by atoms with E-state index in [4.69, 9.17) is 4.74 Å². The first kappa shape index (κ1) is 30.2. The summed E-state index contributed by atoms with van der Waals surface area (Å²) in [6.45, 7) is 12.5. The zero-order chi connectivity index (χ0) is 30.9. The third-order valence-electron chi connectivity index (χ3n) is 7.65. The normalized spacial score (nSPS) is 12.3. The Kier molecular flexibility index (Phi) is 8.56. The van der Waals surface area contributed by atoms with E-state index in [1.165, 1.54) is 0 Å². The summed E-state index contributed by atoms with van der Waals surface area (Å²) in [6, 6.07) is 25.4. The number of nitrogens with one attached hydrogen (secondary N) is 1. The lowest BCUT2D eigenvalue weighted by Gasteiger charge is -2.20. The van der Waals surface area contributed by atoms with E-state index in [-0.39, 0.29) is 17.9 Å². The molecule has 1 atom stereocenters. The summed E-state index contributed by atoms with van der Waals surface area (Å²) in [4.78, 5) is 30.2. The zero-order valence-corrected chi connectivity index (χ0v) is 27.0. The van der Waals surface area contributed by atoms with Crippen LogP contribution in [0.15, 0.2) is 89.7 Å². The van der Waals surface area contributed by atoms with Crippen molar-refractivity contribution in [2.24, 2.45) is 0 Å². The van der Waals surface area contributed by atoms with Crippen molar-refractivity contribution in [3.05, 3.63) is 123 Å². The van der Waals surface area contributed by atoms with Crippen LogP contribution in [0.25, 0.3) is 22.0 Å². The lowest BCUT2D eigenvalue weighted by atomic mass is 9.98. The summed E-state index contributed by atoms with van der Waals surface area (Å²) in [7, 11) is 0. The van der Waals surface area contributed by atoms with Gasteiger partial charge in [-0.05, 0) is 122 Å². The van der Waals surface area contributed by atoms with E-state index in [1.807, 2.05) is 82.3 Å². The number of nitrogens with zero attached hydrogens (tertiary/aromatic N) is 2. The highest BCUT2D eigenvalue weighted by molar-refractivity contribution is 9.10. The van der Waals surface area contributed by atoms with Crippen LogP contribution in [0.2, 0.25) is 0 Å². The molecule has 2 aromatic heterocycles. The molecular weight excluding hydrogens is 602 g/mol. The molecule has 0 saturated heterocycles. The van der Waals surface area contributed by atoms with E-state index in [0.717, 1.165) is 49.0 Å². The van der Waals surface area contributed by atoms with Crippen LogP contribution in [0.3, 0.4) is 0 Å². The van der Waals surface area contributed by atoms with Crippen molar-refractivity contribution in [2.45, 2.75) is 59.7 Å². The van der Waals surface area contributed by atoms with Gasteiger partial charge in [0.05, 0.1) is 11.6 Å². The maximum absolute atomic E-state index is 13.2. The molecule has 0 aliphatic rings. The smallest absolute Gasteiger partial charge is 0.339 e. The number of pyridine rings is 1. The van der Waals surface area contributed by atoms with E-state index in [0.29, 0.717) is 17.7 Å². The SMILES string of the molecule is Cc1c(C)n(Cc2ccc(-c3ccccc3C(=O)OC(C)(C)C)cc2)c2ccc(C(=O)N[C@@H](C)c3ccnc(Br)c3)cc12. The highest BCUT2D eigenvalue weighted by Gasteiger charge is 2.21. The minimum Gasteiger partial charge on any atom is -0.456 e. The summed E-state index contributed by atoms with van der Waals surface area (Å²) >= 11 is 3.40. The highest BCUT2D eigenvalue weighted by Crippen LogP contribution is 2.30. The van der Waals surface area contributed by atoms with Crippen LogP contribution in [0.5, 0.6) is 0 Å². The molecule has 0 bridgehead atoms. The molecule has 0 aliphatic carbocycles. The van der Waals surface area contributed by atoms with Crippen LogP contribution < -0.4 is 5.32 Å². The first-order chi connectivity index (χ1) is 20.4.